The Kier molecular flexibility index (Phi) is 4.41. The van der Waals surface area contributed by atoms with Gasteiger partial charge in [-0.25, -0.2) is 0 Å². The van der Waals surface area contributed by atoms with Crippen LogP contribution in [0.15, 0.2) is 12.1 Å². The van der Waals surface area contributed by atoms with Crippen LogP contribution in [-0.2, 0) is 0 Å². The van der Waals surface area contributed by atoms with Crippen LogP contribution in [0.5, 0.6) is 5.75 Å². The molecule has 2 aliphatic rings. The van der Waals surface area contributed by atoms with Crippen LogP contribution in [0.4, 0.5) is 0 Å². The first-order chi connectivity index (χ1) is 9.65. The molecule has 1 N–H and O–H groups in total. The van der Waals surface area contributed by atoms with Gasteiger partial charge in [0.25, 0.3) is 0 Å². The highest BCUT2D eigenvalue weighted by Gasteiger charge is 2.27. The molecule has 1 aromatic carbocycles. The minimum Gasteiger partial charge on any atom is -0.492 e. The van der Waals surface area contributed by atoms with Gasteiger partial charge in [-0.15, -0.1) is 0 Å². The molecule has 1 aromatic rings. The number of halogens is 2. The van der Waals surface area contributed by atoms with E-state index in [1.165, 1.54) is 12.8 Å². The third kappa shape index (κ3) is 3.22. The SMILES string of the molecule is CN(CCNC1CCOc2c(Cl)cc(Cl)cc21)C1CC1. The van der Waals surface area contributed by atoms with E-state index in [0.717, 1.165) is 36.9 Å². The van der Waals surface area contributed by atoms with E-state index in [1.807, 2.05) is 6.07 Å². The molecule has 1 saturated carbocycles. The van der Waals surface area contributed by atoms with Gasteiger partial charge in [0.05, 0.1) is 11.6 Å². The Hall–Kier alpha value is -0.480. The van der Waals surface area contributed by atoms with Gasteiger partial charge in [-0.1, -0.05) is 23.2 Å². The lowest BCUT2D eigenvalue weighted by molar-refractivity contribution is 0.245. The van der Waals surface area contributed by atoms with E-state index in [0.29, 0.717) is 16.7 Å². The fourth-order valence-electron chi connectivity index (χ4n) is 2.75. The molecule has 3 nitrogen and oxygen atoms in total. The van der Waals surface area contributed by atoms with Gasteiger partial charge in [-0.3, -0.25) is 0 Å². The first kappa shape index (κ1) is 14.5. The molecule has 3 rings (SSSR count). The zero-order chi connectivity index (χ0) is 14.1. The number of nitrogens with zero attached hydrogens (tertiary/aromatic N) is 1. The number of rotatable bonds is 5. The van der Waals surface area contributed by atoms with Crippen molar-refractivity contribution in [1.29, 1.82) is 0 Å². The van der Waals surface area contributed by atoms with Crippen LogP contribution in [0.2, 0.25) is 10.0 Å². The molecule has 0 amide bonds. The quantitative estimate of drug-likeness (QED) is 0.900. The van der Waals surface area contributed by atoms with Crippen LogP contribution in [0.1, 0.15) is 30.9 Å². The average molecular weight is 315 g/mol. The first-order valence-corrected chi connectivity index (χ1v) is 7.96. The fourth-order valence-corrected chi connectivity index (χ4v) is 3.31. The summed E-state index contributed by atoms with van der Waals surface area (Å²) in [7, 11) is 2.20. The molecule has 1 unspecified atom stereocenters. The predicted octanol–water partition coefficient (Wildman–Crippen LogP) is 3.50. The summed E-state index contributed by atoms with van der Waals surface area (Å²) < 4.78 is 5.67. The molecule has 110 valence electrons. The highest BCUT2D eigenvalue weighted by molar-refractivity contribution is 6.35. The van der Waals surface area contributed by atoms with Crippen molar-refractivity contribution in [2.24, 2.45) is 0 Å². The van der Waals surface area contributed by atoms with Crippen molar-refractivity contribution in [1.82, 2.24) is 10.2 Å². The molecule has 1 heterocycles. The minimum atomic E-state index is 0.280. The van der Waals surface area contributed by atoms with Gasteiger partial charge >= 0.3 is 0 Å². The normalized spacial score (nSPS) is 21.7. The first-order valence-electron chi connectivity index (χ1n) is 7.20. The number of benzene rings is 1. The van der Waals surface area contributed by atoms with Crippen molar-refractivity contribution in [3.8, 4) is 5.75 Å². The molecule has 0 spiro atoms. The molecule has 0 saturated heterocycles. The Labute approximate surface area is 130 Å². The van der Waals surface area contributed by atoms with E-state index < -0.39 is 0 Å². The van der Waals surface area contributed by atoms with Gasteiger partial charge in [0.1, 0.15) is 5.75 Å². The van der Waals surface area contributed by atoms with Crippen molar-refractivity contribution in [3.63, 3.8) is 0 Å². The second kappa shape index (κ2) is 6.10. The van der Waals surface area contributed by atoms with E-state index in [4.69, 9.17) is 27.9 Å². The second-order valence-corrected chi connectivity index (χ2v) is 6.51. The summed E-state index contributed by atoms with van der Waals surface area (Å²) >= 11 is 12.3. The number of hydrogen-bond donors (Lipinski definition) is 1. The molecule has 20 heavy (non-hydrogen) atoms. The number of likely N-dealkylation sites (N-methyl/N-ethyl adjacent to an activating group) is 1. The van der Waals surface area contributed by atoms with Gasteiger partial charge < -0.3 is 15.0 Å². The topological polar surface area (TPSA) is 24.5 Å². The monoisotopic (exact) mass is 314 g/mol. The lowest BCUT2D eigenvalue weighted by Gasteiger charge is -2.28. The van der Waals surface area contributed by atoms with Crippen LogP contribution in [0, 0.1) is 0 Å². The van der Waals surface area contributed by atoms with Crippen molar-refractivity contribution in [3.05, 3.63) is 27.7 Å². The largest absolute Gasteiger partial charge is 0.492 e. The number of nitrogens with one attached hydrogen (secondary N) is 1. The highest BCUT2D eigenvalue weighted by Crippen LogP contribution is 2.39. The molecule has 1 aliphatic heterocycles. The molecule has 1 fully saturated rings. The summed E-state index contributed by atoms with van der Waals surface area (Å²) in [4.78, 5) is 2.43. The second-order valence-electron chi connectivity index (χ2n) is 5.66. The van der Waals surface area contributed by atoms with Gasteiger partial charge in [0.15, 0.2) is 0 Å². The fraction of sp³-hybridized carbons (Fsp3) is 0.600. The summed E-state index contributed by atoms with van der Waals surface area (Å²) in [5.74, 6) is 0.787. The lowest BCUT2D eigenvalue weighted by atomic mass is 10.0. The van der Waals surface area contributed by atoms with E-state index in [9.17, 15) is 0 Å². The molecule has 0 bridgehead atoms. The summed E-state index contributed by atoms with van der Waals surface area (Å²) in [5, 5.41) is 4.88. The lowest BCUT2D eigenvalue weighted by Crippen LogP contribution is -2.34. The molecule has 0 radical (unpaired) electrons. The summed E-state index contributed by atoms with van der Waals surface area (Å²) in [6.07, 6.45) is 3.65. The van der Waals surface area contributed by atoms with E-state index >= 15 is 0 Å². The smallest absolute Gasteiger partial charge is 0.142 e. The Morgan fingerprint density at radius 1 is 1.30 bits per heavy atom. The van der Waals surface area contributed by atoms with Gasteiger partial charge in [-0.05, 0) is 32.0 Å². The van der Waals surface area contributed by atoms with E-state index in [-0.39, 0.29) is 6.04 Å². The number of ether oxygens (including phenoxy) is 1. The average Bonchev–Trinajstić information content (AvgIpc) is 3.23. The van der Waals surface area contributed by atoms with Crippen LogP contribution in [0.25, 0.3) is 0 Å². The molecule has 5 heteroatoms. The van der Waals surface area contributed by atoms with Gasteiger partial charge in [0, 0.05) is 42.2 Å². The maximum atomic E-state index is 6.20. The van der Waals surface area contributed by atoms with Crippen LogP contribution in [0.3, 0.4) is 0 Å². The Morgan fingerprint density at radius 3 is 2.85 bits per heavy atom. The Bertz CT molecular complexity index is 491. The summed E-state index contributed by atoms with van der Waals surface area (Å²) in [6, 6.07) is 4.79. The molecular weight excluding hydrogens is 295 g/mol. The Morgan fingerprint density at radius 2 is 2.10 bits per heavy atom. The third-order valence-corrected chi connectivity index (χ3v) is 4.59. The third-order valence-electron chi connectivity index (χ3n) is 4.09. The maximum Gasteiger partial charge on any atom is 0.142 e. The number of hydrogen-bond acceptors (Lipinski definition) is 3. The van der Waals surface area contributed by atoms with Crippen LogP contribution >= 0.6 is 23.2 Å². The van der Waals surface area contributed by atoms with Crippen molar-refractivity contribution in [2.75, 3.05) is 26.7 Å². The predicted molar refractivity (Wildman–Crippen MR) is 83.0 cm³/mol. The molecule has 1 aliphatic carbocycles. The summed E-state index contributed by atoms with van der Waals surface area (Å²) in [5.41, 5.74) is 1.09. The number of fused-ring (bicyclic) bond motifs is 1. The van der Waals surface area contributed by atoms with E-state index in [2.05, 4.69) is 17.3 Å². The summed E-state index contributed by atoms with van der Waals surface area (Å²) in [6.45, 7) is 2.75. The van der Waals surface area contributed by atoms with Crippen LogP contribution in [-0.4, -0.2) is 37.7 Å². The minimum absolute atomic E-state index is 0.280. The highest BCUT2D eigenvalue weighted by atomic mass is 35.5. The maximum absolute atomic E-state index is 6.20. The van der Waals surface area contributed by atoms with Gasteiger partial charge in [0.2, 0.25) is 0 Å². The van der Waals surface area contributed by atoms with Gasteiger partial charge in [-0.2, -0.15) is 0 Å². The van der Waals surface area contributed by atoms with Crippen LogP contribution < -0.4 is 10.1 Å². The van der Waals surface area contributed by atoms with Crippen molar-refractivity contribution in [2.45, 2.75) is 31.3 Å². The molecule has 1 atom stereocenters. The standard InChI is InChI=1S/C15H20Cl2N2O/c1-19(11-2-3-11)6-5-18-14-4-7-20-15-12(14)8-10(16)9-13(15)17/h8-9,11,14,18H,2-7H2,1H3. The Balaban J connectivity index is 1.63. The molecule has 0 aromatic heterocycles. The molecular formula is C15H20Cl2N2O. The van der Waals surface area contributed by atoms with Crippen molar-refractivity contribution >= 4 is 23.2 Å². The van der Waals surface area contributed by atoms with Crippen molar-refractivity contribution < 1.29 is 4.74 Å². The zero-order valence-corrected chi connectivity index (χ0v) is 13.2. The van der Waals surface area contributed by atoms with E-state index in [1.54, 1.807) is 6.07 Å². The zero-order valence-electron chi connectivity index (χ0n) is 11.7.